The van der Waals surface area contributed by atoms with E-state index in [0.717, 1.165) is 41.3 Å². The van der Waals surface area contributed by atoms with Crippen molar-refractivity contribution in [2.45, 2.75) is 121 Å². The average molecular weight is 986 g/mol. The minimum atomic E-state index is -1.31. The summed E-state index contributed by atoms with van der Waals surface area (Å²) < 4.78 is 72.8. The summed E-state index contributed by atoms with van der Waals surface area (Å²) >= 11 is 0. The van der Waals surface area contributed by atoms with Gasteiger partial charge in [0, 0.05) is 48.2 Å². The van der Waals surface area contributed by atoms with E-state index in [4.69, 9.17) is 14.5 Å². The molecular weight excluding hydrogens is 923 g/mol. The molecule has 2 aromatic heterocycles. The number of halogens is 4. The molecule has 8 atom stereocenters. The largest absolute Gasteiger partial charge is 0.453 e. The highest BCUT2D eigenvalue weighted by Crippen LogP contribution is 2.49. The van der Waals surface area contributed by atoms with E-state index in [2.05, 4.69) is 25.5 Å². The number of piperidine rings is 1. The molecule has 3 aromatic carbocycles. The molecule has 9 rings (SSSR count). The zero-order valence-electron chi connectivity index (χ0n) is 40.9. The van der Waals surface area contributed by atoms with Crippen LogP contribution in [0.1, 0.15) is 119 Å². The second kappa shape index (κ2) is 20.3. The number of anilines is 2. The van der Waals surface area contributed by atoms with E-state index in [-0.39, 0.29) is 55.5 Å². The third kappa shape index (κ3) is 9.80. The van der Waals surface area contributed by atoms with Crippen LogP contribution in [-0.2, 0) is 19.1 Å². The summed E-state index contributed by atoms with van der Waals surface area (Å²) in [4.78, 5) is 70.6. The Morgan fingerprint density at radius 1 is 0.676 bits per heavy atom. The second-order valence-electron chi connectivity index (χ2n) is 20.2. The van der Waals surface area contributed by atoms with Crippen molar-refractivity contribution >= 4 is 57.3 Å². The SMILES string of the molecule is COC(=O)N[C@H](C(=O)N1C[C@H](F)C[C@H]1c1cc2cc([C@H]3CC[C@H](c4ccc5[nH]c([C@@H]6C[C@@H](F)CN6C(=O)[C@@H](NC(=O)OC)C(C)C)nc5c4)N3c3cc(F)c(N4CCCCC4)c(F)c3)ccc2[nH]1)C(C)C. The Labute approximate surface area is 410 Å². The van der Waals surface area contributed by atoms with E-state index in [9.17, 15) is 19.2 Å². The van der Waals surface area contributed by atoms with E-state index in [1.807, 2.05) is 42.5 Å². The number of hydrogen-bond acceptors (Lipinski definition) is 9. The lowest BCUT2D eigenvalue weighted by atomic mass is 10.0. The van der Waals surface area contributed by atoms with E-state index in [0.29, 0.717) is 54.2 Å². The van der Waals surface area contributed by atoms with Gasteiger partial charge in [0.2, 0.25) is 11.8 Å². The molecule has 0 spiro atoms. The quantitative estimate of drug-likeness (QED) is 0.0891. The van der Waals surface area contributed by atoms with Gasteiger partial charge in [-0.1, -0.05) is 39.8 Å². The maximum absolute atomic E-state index is 16.4. The number of carbonyl (C=O) groups is 4. The van der Waals surface area contributed by atoms with Crippen molar-refractivity contribution < 1.29 is 46.2 Å². The van der Waals surface area contributed by atoms with Crippen molar-refractivity contribution in [2.24, 2.45) is 11.8 Å². The van der Waals surface area contributed by atoms with Gasteiger partial charge in [-0.15, -0.1) is 0 Å². The molecule has 0 bridgehead atoms. The number of ether oxygens (including phenoxy) is 2. The predicted molar refractivity (Wildman–Crippen MR) is 260 cm³/mol. The number of alkyl halides is 2. The molecule has 4 aliphatic rings. The number of rotatable bonds is 12. The Bertz CT molecular complexity index is 2620. The van der Waals surface area contributed by atoms with Gasteiger partial charge < -0.3 is 49.7 Å². The fraction of sp³-hybridized carbons (Fsp3) is 0.519. The lowest BCUT2D eigenvalue weighted by molar-refractivity contribution is -0.136. The number of aromatic amines is 2. The molecular formula is C52H63F4N9O6. The Morgan fingerprint density at radius 3 is 1.77 bits per heavy atom. The molecule has 4 saturated heterocycles. The first-order valence-corrected chi connectivity index (χ1v) is 24.8. The molecule has 4 N–H and O–H groups in total. The maximum atomic E-state index is 16.4. The Morgan fingerprint density at radius 2 is 1.21 bits per heavy atom. The lowest BCUT2D eigenvalue weighted by Crippen LogP contribution is -2.51. The van der Waals surface area contributed by atoms with E-state index < -0.39 is 72.1 Å². The number of amides is 4. The van der Waals surface area contributed by atoms with Gasteiger partial charge in [-0.25, -0.2) is 32.1 Å². The van der Waals surface area contributed by atoms with Crippen LogP contribution in [0.2, 0.25) is 0 Å². The number of H-pyrrole nitrogens is 2. The zero-order chi connectivity index (χ0) is 50.4. The molecule has 4 fully saturated rings. The molecule has 0 unspecified atom stereocenters. The molecule has 71 heavy (non-hydrogen) atoms. The standard InChI is InChI=1S/C52H63F4N9O6/c1-27(2)45(60-51(68)70-5)49(66)63-25-32(53)21-43(63)40-20-31-18-29(10-12-37(31)57-40)41-14-15-42(65(41)34-23-35(55)47(36(56)24-34)62-16-8-7-9-17-62)30-11-13-38-39(19-30)59-48(58-38)44-22-33(54)26-64(44)50(67)46(28(3)4)61-52(69)71-6/h10-13,18-20,23-24,27-28,32-33,41-46,57H,7-9,14-17,21-22,25-26H2,1-6H3,(H,58,59)(H,60,68)(H,61,69)/t32-,33-,41-,42-,43+,44+,45+,46+/m1/s1. The van der Waals surface area contributed by atoms with Crippen molar-refractivity contribution in [1.82, 2.24) is 35.4 Å². The van der Waals surface area contributed by atoms with Crippen LogP contribution in [0.4, 0.5) is 38.5 Å². The molecule has 0 radical (unpaired) electrons. The van der Waals surface area contributed by atoms with Gasteiger partial charge in [0.05, 0.1) is 62.5 Å². The van der Waals surface area contributed by atoms with Gasteiger partial charge in [-0.2, -0.15) is 0 Å². The minimum absolute atomic E-state index is 0.0115. The van der Waals surface area contributed by atoms with Gasteiger partial charge in [0.15, 0.2) is 11.6 Å². The molecule has 0 saturated carbocycles. The summed E-state index contributed by atoms with van der Waals surface area (Å²) in [5.74, 6) is -2.35. The first-order valence-electron chi connectivity index (χ1n) is 24.8. The smallest absolute Gasteiger partial charge is 0.407 e. The van der Waals surface area contributed by atoms with Crippen LogP contribution >= 0.6 is 0 Å². The number of methoxy groups -OCH3 is 2. The van der Waals surface area contributed by atoms with E-state index >= 15 is 17.6 Å². The molecule has 4 amide bonds. The number of carbonyl (C=O) groups excluding carboxylic acids is 4. The van der Waals surface area contributed by atoms with Crippen LogP contribution in [0.15, 0.2) is 54.6 Å². The Balaban J connectivity index is 1.05. The number of likely N-dealkylation sites (tertiary alicyclic amines) is 2. The molecule has 380 valence electrons. The number of aromatic nitrogens is 3. The number of nitrogens with zero attached hydrogens (tertiary/aromatic N) is 5. The van der Waals surface area contributed by atoms with Crippen LogP contribution in [0, 0.1) is 23.5 Å². The summed E-state index contributed by atoms with van der Waals surface area (Å²) in [5.41, 5.74) is 4.69. The highest BCUT2D eigenvalue weighted by molar-refractivity contribution is 5.88. The fourth-order valence-corrected chi connectivity index (χ4v) is 11.3. The summed E-state index contributed by atoms with van der Waals surface area (Å²) in [6.07, 6.45) is -0.116. The molecule has 0 aliphatic carbocycles. The van der Waals surface area contributed by atoms with Crippen LogP contribution in [0.5, 0.6) is 0 Å². The van der Waals surface area contributed by atoms with Crippen molar-refractivity contribution in [3.63, 3.8) is 0 Å². The molecule has 15 nitrogen and oxygen atoms in total. The number of nitrogens with one attached hydrogen (secondary N) is 4. The lowest BCUT2D eigenvalue weighted by Gasteiger charge is -2.35. The fourth-order valence-electron chi connectivity index (χ4n) is 11.3. The van der Waals surface area contributed by atoms with Crippen LogP contribution in [0.25, 0.3) is 21.9 Å². The number of alkyl carbamates (subject to hydrolysis) is 2. The van der Waals surface area contributed by atoms with Crippen molar-refractivity contribution in [3.05, 3.63) is 88.9 Å². The van der Waals surface area contributed by atoms with Gasteiger partial charge in [0.1, 0.15) is 35.9 Å². The topological polar surface area (TPSA) is 168 Å². The van der Waals surface area contributed by atoms with Crippen LogP contribution < -0.4 is 20.4 Å². The van der Waals surface area contributed by atoms with Crippen LogP contribution in [-0.4, -0.2) is 114 Å². The van der Waals surface area contributed by atoms with Gasteiger partial charge in [-0.05, 0) is 97.5 Å². The normalized spacial score (nSPS) is 23.5. The highest BCUT2D eigenvalue weighted by Gasteiger charge is 2.44. The highest BCUT2D eigenvalue weighted by atomic mass is 19.1. The first-order chi connectivity index (χ1) is 34.0. The molecule has 5 aromatic rings. The van der Waals surface area contributed by atoms with E-state index in [1.54, 1.807) is 32.6 Å². The molecule has 6 heterocycles. The number of fused-ring (bicyclic) bond motifs is 2. The van der Waals surface area contributed by atoms with Gasteiger partial charge in [0.25, 0.3) is 0 Å². The third-order valence-electron chi connectivity index (χ3n) is 14.8. The average Bonchev–Trinajstić information content (AvgIpc) is 4.20. The predicted octanol–water partition coefficient (Wildman–Crippen LogP) is 9.38. The first kappa shape index (κ1) is 49.5. The van der Waals surface area contributed by atoms with Crippen molar-refractivity contribution in [2.75, 3.05) is 50.2 Å². The summed E-state index contributed by atoms with van der Waals surface area (Å²) in [6.45, 7) is 8.00. The van der Waals surface area contributed by atoms with E-state index in [1.165, 1.54) is 36.2 Å². The molecule has 19 heteroatoms. The summed E-state index contributed by atoms with van der Waals surface area (Å²) in [7, 11) is 2.43. The molecule has 4 aliphatic heterocycles. The summed E-state index contributed by atoms with van der Waals surface area (Å²) in [5, 5.41) is 6.01. The maximum Gasteiger partial charge on any atom is 0.407 e. The van der Waals surface area contributed by atoms with Gasteiger partial charge >= 0.3 is 12.2 Å². The van der Waals surface area contributed by atoms with Crippen LogP contribution in [0.3, 0.4) is 0 Å². The van der Waals surface area contributed by atoms with Gasteiger partial charge in [-0.3, -0.25) is 9.59 Å². The monoisotopic (exact) mass is 985 g/mol. The Kier molecular flexibility index (Phi) is 14.1. The Hall–Kier alpha value is -6.53. The summed E-state index contributed by atoms with van der Waals surface area (Å²) in [6, 6.07) is 12.5. The van der Waals surface area contributed by atoms with Crippen molar-refractivity contribution in [3.8, 4) is 0 Å². The van der Waals surface area contributed by atoms with Crippen molar-refractivity contribution in [1.29, 1.82) is 0 Å². The minimum Gasteiger partial charge on any atom is -0.453 e. The zero-order valence-corrected chi connectivity index (χ0v) is 40.9. The number of benzene rings is 3. The second-order valence-corrected chi connectivity index (χ2v) is 20.2. The number of hydrogen-bond donors (Lipinski definition) is 4. The number of imidazole rings is 1. The third-order valence-corrected chi connectivity index (χ3v) is 14.8.